The quantitative estimate of drug-likeness (QED) is 0.592. The van der Waals surface area contributed by atoms with Crippen LogP contribution in [0.25, 0.3) is 11.3 Å². The number of phenolic OH excluding ortho intramolecular Hbond substituents is 2. The van der Waals surface area contributed by atoms with Crippen LogP contribution in [-0.4, -0.2) is 26.3 Å². The number of nitrogens with one attached hydrogen (secondary N) is 2. The summed E-state index contributed by atoms with van der Waals surface area (Å²) in [5.74, 6) is -0.419. The Morgan fingerprint density at radius 1 is 1.12 bits per heavy atom. The number of carbonyl (C=O) groups excluding carboxylic acids is 1. The molecule has 4 N–H and O–H groups in total. The maximum absolute atomic E-state index is 13.3. The lowest BCUT2D eigenvalue weighted by molar-refractivity contribution is -0.115. The predicted octanol–water partition coefficient (Wildman–Crippen LogP) is 2.81. The van der Waals surface area contributed by atoms with Crippen molar-refractivity contribution in [2.24, 2.45) is 0 Å². The fourth-order valence-corrected chi connectivity index (χ4v) is 2.23. The zero-order valence-corrected chi connectivity index (χ0v) is 12.5. The number of hydrogen-bond acceptors (Lipinski definition) is 4. The number of hydrogen-bond donors (Lipinski definition) is 4. The summed E-state index contributed by atoms with van der Waals surface area (Å²) in [4.78, 5) is 12.0. The van der Waals surface area contributed by atoms with Crippen LogP contribution in [0.4, 0.5) is 10.2 Å². The number of amides is 1. The lowest BCUT2D eigenvalue weighted by Gasteiger charge is -2.03. The van der Waals surface area contributed by atoms with Gasteiger partial charge in [0.1, 0.15) is 23.1 Å². The summed E-state index contributed by atoms with van der Waals surface area (Å²) >= 11 is 0. The number of benzene rings is 2. The molecule has 0 fully saturated rings. The Bertz CT molecular complexity index is 875. The van der Waals surface area contributed by atoms with Crippen molar-refractivity contribution in [1.82, 2.24) is 10.2 Å². The highest BCUT2D eigenvalue weighted by molar-refractivity contribution is 5.92. The van der Waals surface area contributed by atoms with Crippen molar-refractivity contribution in [1.29, 1.82) is 0 Å². The van der Waals surface area contributed by atoms with Gasteiger partial charge in [-0.05, 0) is 35.9 Å². The number of phenols is 2. The average Bonchev–Trinajstić information content (AvgIpc) is 3.00. The number of rotatable bonds is 4. The van der Waals surface area contributed by atoms with Gasteiger partial charge in [0.05, 0.1) is 12.1 Å². The van der Waals surface area contributed by atoms with E-state index in [2.05, 4.69) is 15.5 Å². The average molecular weight is 327 g/mol. The predicted molar refractivity (Wildman–Crippen MR) is 86.1 cm³/mol. The Balaban J connectivity index is 1.70. The van der Waals surface area contributed by atoms with Gasteiger partial charge in [0.2, 0.25) is 5.91 Å². The van der Waals surface area contributed by atoms with E-state index in [1.807, 2.05) is 0 Å². The summed E-state index contributed by atoms with van der Waals surface area (Å²) in [5.41, 5.74) is 1.28. The molecule has 0 saturated carbocycles. The molecule has 0 radical (unpaired) electrons. The molecule has 2 aromatic carbocycles. The van der Waals surface area contributed by atoms with Crippen LogP contribution in [0, 0.1) is 5.82 Å². The molecule has 0 saturated heterocycles. The largest absolute Gasteiger partial charge is 0.508 e. The molecule has 1 amide bonds. The fraction of sp³-hybridized carbons (Fsp3) is 0.0588. The van der Waals surface area contributed by atoms with Crippen LogP contribution in [0.1, 0.15) is 5.56 Å². The third kappa shape index (κ3) is 3.52. The van der Waals surface area contributed by atoms with Crippen LogP contribution >= 0.6 is 0 Å². The summed E-state index contributed by atoms with van der Waals surface area (Å²) in [7, 11) is 0. The SMILES string of the molecule is O=C(Cc1ccc(O)cc1)Nc1cc(-c2cc(F)ccc2O)n[nH]1. The molecular formula is C17H14FN3O3. The zero-order valence-electron chi connectivity index (χ0n) is 12.5. The highest BCUT2D eigenvalue weighted by Crippen LogP contribution is 2.29. The van der Waals surface area contributed by atoms with E-state index >= 15 is 0 Å². The molecule has 0 aliphatic rings. The van der Waals surface area contributed by atoms with E-state index < -0.39 is 5.82 Å². The van der Waals surface area contributed by atoms with Gasteiger partial charge in [0.15, 0.2) is 0 Å². The maximum Gasteiger partial charge on any atom is 0.229 e. The van der Waals surface area contributed by atoms with Crippen LogP contribution in [0.5, 0.6) is 11.5 Å². The Labute approximate surface area is 136 Å². The minimum Gasteiger partial charge on any atom is -0.508 e. The van der Waals surface area contributed by atoms with E-state index in [9.17, 15) is 19.4 Å². The molecule has 1 heterocycles. The van der Waals surface area contributed by atoms with Crippen molar-refractivity contribution in [3.63, 3.8) is 0 Å². The lowest BCUT2D eigenvalue weighted by Crippen LogP contribution is -2.14. The molecule has 3 aromatic rings. The number of aromatic hydroxyl groups is 2. The molecule has 1 aromatic heterocycles. The van der Waals surface area contributed by atoms with Gasteiger partial charge >= 0.3 is 0 Å². The standard InChI is InChI=1S/C17H14FN3O3/c18-11-3-6-15(23)13(8-11)14-9-16(21-20-14)19-17(24)7-10-1-4-12(22)5-2-10/h1-6,8-9,22-23H,7H2,(H2,19,20,21,24). The minimum absolute atomic E-state index is 0.107. The second-order valence-corrected chi connectivity index (χ2v) is 5.22. The number of anilines is 1. The summed E-state index contributed by atoms with van der Waals surface area (Å²) in [6.45, 7) is 0. The second kappa shape index (κ2) is 6.41. The molecule has 7 heteroatoms. The molecule has 0 unspecified atom stereocenters. The number of halogens is 1. The van der Waals surface area contributed by atoms with E-state index in [0.29, 0.717) is 11.5 Å². The van der Waals surface area contributed by atoms with Gasteiger partial charge < -0.3 is 15.5 Å². The highest BCUT2D eigenvalue weighted by Gasteiger charge is 2.11. The first kappa shape index (κ1) is 15.5. The molecular weight excluding hydrogens is 313 g/mol. The fourth-order valence-electron chi connectivity index (χ4n) is 2.23. The lowest BCUT2D eigenvalue weighted by atomic mass is 10.1. The van der Waals surface area contributed by atoms with Crippen LogP contribution in [0.15, 0.2) is 48.5 Å². The van der Waals surface area contributed by atoms with Gasteiger partial charge in [-0.1, -0.05) is 12.1 Å². The molecule has 3 rings (SSSR count). The van der Waals surface area contributed by atoms with Gasteiger partial charge in [-0.3, -0.25) is 9.89 Å². The van der Waals surface area contributed by atoms with Crippen LogP contribution in [0.2, 0.25) is 0 Å². The molecule has 24 heavy (non-hydrogen) atoms. The van der Waals surface area contributed by atoms with Crippen LogP contribution in [-0.2, 0) is 11.2 Å². The van der Waals surface area contributed by atoms with Crippen molar-refractivity contribution in [3.05, 3.63) is 59.9 Å². The highest BCUT2D eigenvalue weighted by atomic mass is 19.1. The monoisotopic (exact) mass is 327 g/mol. The van der Waals surface area contributed by atoms with Gasteiger partial charge in [0, 0.05) is 11.6 Å². The first-order chi connectivity index (χ1) is 11.5. The Hall–Kier alpha value is -3.35. The van der Waals surface area contributed by atoms with Crippen molar-refractivity contribution >= 4 is 11.7 Å². The summed E-state index contributed by atoms with van der Waals surface area (Å²) in [6.07, 6.45) is 0.125. The topological polar surface area (TPSA) is 98.2 Å². The van der Waals surface area contributed by atoms with Gasteiger partial charge in [-0.15, -0.1) is 0 Å². The minimum atomic E-state index is -0.497. The van der Waals surface area contributed by atoms with Crippen molar-refractivity contribution in [2.75, 3.05) is 5.32 Å². The van der Waals surface area contributed by atoms with Gasteiger partial charge in [-0.25, -0.2) is 4.39 Å². The second-order valence-electron chi connectivity index (χ2n) is 5.22. The first-order valence-corrected chi connectivity index (χ1v) is 7.13. The molecule has 0 spiro atoms. The smallest absolute Gasteiger partial charge is 0.229 e. The molecule has 6 nitrogen and oxygen atoms in total. The third-order valence-corrected chi connectivity index (χ3v) is 3.39. The van der Waals surface area contributed by atoms with Crippen molar-refractivity contribution in [2.45, 2.75) is 6.42 Å². The van der Waals surface area contributed by atoms with E-state index in [4.69, 9.17) is 0 Å². The molecule has 0 aliphatic heterocycles. The Morgan fingerprint density at radius 2 is 1.88 bits per heavy atom. The summed E-state index contributed by atoms with van der Waals surface area (Å²) in [6, 6.07) is 11.4. The molecule has 122 valence electrons. The number of H-pyrrole nitrogens is 1. The number of nitrogens with zero attached hydrogens (tertiary/aromatic N) is 1. The molecule has 0 bridgehead atoms. The van der Waals surface area contributed by atoms with Crippen molar-refractivity contribution < 1.29 is 19.4 Å². The summed E-state index contributed by atoms with van der Waals surface area (Å²) < 4.78 is 13.3. The number of carbonyl (C=O) groups is 1. The zero-order chi connectivity index (χ0) is 17.1. The van der Waals surface area contributed by atoms with E-state index in [-0.39, 0.29) is 29.4 Å². The molecule has 0 aliphatic carbocycles. The van der Waals surface area contributed by atoms with Crippen molar-refractivity contribution in [3.8, 4) is 22.8 Å². The van der Waals surface area contributed by atoms with Crippen LogP contribution < -0.4 is 5.32 Å². The molecule has 0 atom stereocenters. The van der Waals surface area contributed by atoms with Gasteiger partial charge in [-0.2, -0.15) is 5.10 Å². The first-order valence-electron chi connectivity index (χ1n) is 7.13. The Kier molecular flexibility index (Phi) is 4.15. The van der Waals surface area contributed by atoms with Gasteiger partial charge in [0.25, 0.3) is 0 Å². The van der Waals surface area contributed by atoms with E-state index in [1.54, 1.807) is 12.1 Å². The number of aromatic amines is 1. The van der Waals surface area contributed by atoms with E-state index in [0.717, 1.165) is 17.7 Å². The Morgan fingerprint density at radius 3 is 2.62 bits per heavy atom. The number of aromatic nitrogens is 2. The van der Waals surface area contributed by atoms with Crippen LogP contribution in [0.3, 0.4) is 0 Å². The normalized spacial score (nSPS) is 10.5. The third-order valence-electron chi connectivity index (χ3n) is 3.39. The maximum atomic E-state index is 13.3. The summed E-state index contributed by atoms with van der Waals surface area (Å²) in [5, 5.41) is 28.2. The van der Waals surface area contributed by atoms with E-state index in [1.165, 1.54) is 24.3 Å².